The quantitative estimate of drug-likeness (QED) is 0.699. The second kappa shape index (κ2) is 3.95. The Morgan fingerprint density at radius 2 is 1.54 bits per heavy atom. The van der Waals surface area contributed by atoms with Crippen LogP contribution in [0.1, 0.15) is 0 Å². The van der Waals surface area contributed by atoms with Gasteiger partial charge in [0.2, 0.25) is 0 Å². The van der Waals surface area contributed by atoms with Crippen LogP contribution < -0.4 is 0 Å². The molecule has 0 saturated carbocycles. The number of rotatable bonds is 1. The first-order chi connectivity index (χ1) is 6.25. The molecular weight excluding hydrogens is 312 g/mol. The van der Waals surface area contributed by atoms with E-state index >= 15 is 0 Å². The number of hydrogen-bond acceptors (Lipinski definition) is 1. The average molecular weight is 318 g/mol. The molecule has 0 aliphatic heterocycles. The maximum atomic E-state index is 3.45. The van der Waals surface area contributed by atoms with Crippen molar-refractivity contribution in [3.05, 3.63) is 44.7 Å². The van der Waals surface area contributed by atoms with Crippen molar-refractivity contribution in [3.63, 3.8) is 0 Å². The van der Waals surface area contributed by atoms with E-state index in [-0.39, 0.29) is 0 Å². The highest BCUT2D eigenvalue weighted by atomic mass is 79.9. The number of hydrogen-bond donors (Lipinski definition) is 0. The zero-order valence-electron chi connectivity index (χ0n) is 6.63. The van der Waals surface area contributed by atoms with Gasteiger partial charge in [0.1, 0.15) is 0 Å². The summed E-state index contributed by atoms with van der Waals surface area (Å²) in [6, 6.07) is 12.5. The maximum absolute atomic E-state index is 3.45. The van der Waals surface area contributed by atoms with Gasteiger partial charge in [-0.1, -0.05) is 28.1 Å². The molecule has 66 valence electrons. The SMILES string of the molecule is Brc1ccc(-c2ccc(Br)s2)cc1. The first-order valence-corrected chi connectivity index (χ1v) is 6.17. The van der Waals surface area contributed by atoms with E-state index in [0.29, 0.717) is 0 Å². The molecule has 3 heteroatoms. The van der Waals surface area contributed by atoms with E-state index in [1.165, 1.54) is 14.2 Å². The van der Waals surface area contributed by atoms with Gasteiger partial charge in [-0.15, -0.1) is 11.3 Å². The predicted molar refractivity (Wildman–Crippen MR) is 65.2 cm³/mol. The predicted octanol–water partition coefficient (Wildman–Crippen LogP) is 4.94. The van der Waals surface area contributed by atoms with Gasteiger partial charge in [-0.25, -0.2) is 0 Å². The van der Waals surface area contributed by atoms with E-state index in [9.17, 15) is 0 Å². The van der Waals surface area contributed by atoms with Crippen molar-refractivity contribution in [1.29, 1.82) is 0 Å². The molecule has 0 aliphatic carbocycles. The molecule has 0 bridgehead atoms. The van der Waals surface area contributed by atoms with Crippen molar-refractivity contribution in [2.45, 2.75) is 0 Å². The van der Waals surface area contributed by atoms with Crippen LogP contribution in [0.3, 0.4) is 0 Å². The first-order valence-electron chi connectivity index (χ1n) is 3.77. The second-order valence-electron chi connectivity index (χ2n) is 2.61. The Kier molecular flexibility index (Phi) is 2.86. The highest BCUT2D eigenvalue weighted by molar-refractivity contribution is 9.11. The van der Waals surface area contributed by atoms with Gasteiger partial charge in [0.05, 0.1) is 3.79 Å². The Balaban J connectivity index is 2.41. The molecule has 0 spiro atoms. The van der Waals surface area contributed by atoms with Gasteiger partial charge in [0.25, 0.3) is 0 Å². The Labute approximate surface area is 97.9 Å². The van der Waals surface area contributed by atoms with E-state index in [4.69, 9.17) is 0 Å². The molecule has 0 saturated heterocycles. The molecular formula is C10H6Br2S. The fraction of sp³-hybridized carbons (Fsp3) is 0. The smallest absolute Gasteiger partial charge is 0.0705 e. The van der Waals surface area contributed by atoms with Crippen LogP contribution in [-0.2, 0) is 0 Å². The lowest BCUT2D eigenvalue weighted by Gasteiger charge is -1.96. The minimum absolute atomic E-state index is 1.12. The zero-order chi connectivity index (χ0) is 9.26. The van der Waals surface area contributed by atoms with Gasteiger partial charge in [0.15, 0.2) is 0 Å². The fourth-order valence-electron chi connectivity index (χ4n) is 1.08. The third-order valence-electron chi connectivity index (χ3n) is 1.70. The van der Waals surface area contributed by atoms with E-state index in [1.807, 2.05) is 0 Å². The molecule has 0 aliphatic rings. The Hall–Kier alpha value is -0.120. The number of benzene rings is 1. The molecule has 1 aromatic heterocycles. The molecule has 13 heavy (non-hydrogen) atoms. The molecule has 2 rings (SSSR count). The van der Waals surface area contributed by atoms with Crippen molar-refractivity contribution < 1.29 is 0 Å². The Bertz CT molecular complexity index is 403. The van der Waals surface area contributed by atoms with Crippen LogP contribution in [0.4, 0.5) is 0 Å². The van der Waals surface area contributed by atoms with Crippen LogP contribution in [0.5, 0.6) is 0 Å². The lowest BCUT2D eigenvalue weighted by Crippen LogP contribution is -1.69. The fourth-order valence-corrected chi connectivity index (χ4v) is 2.74. The van der Waals surface area contributed by atoms with Crippen LogP contribution in [0.15, 0.2) is 44.7 Å². The van der Waals surface area contributed by atoms with E-state index in [1.54, 1.807) is 11.3 Å². The molecule has 1 aromatic carbocycles. The van der Waals surface area contributed by atoms with Crippen molar-refractivity contribution in [2.24, 2.45) is 0 Å². The molecule has 0 N–H and O–H groups in total. The third kappa shape index (κ3) is 2.22. The summed E-state index contributed by atoms with van der Waals surface area (Å²) in [4.78, 5) is 1.29. The summed E-state index contributed by atoms with van der Waals surface area (Å²) in [6.45, 7) is 0. The molecule has 0 amide bonds. The topological polar surface area (TPSA) is 0 Å². The molecule has 0 nitrogen and oxygen atoms in total. The van der Waals surface area contributed by atoms with Crippen LogP contribution >= 0.6 is 43.2 Å². The highest BCUT2D eigenvalue weighted by Crippen LogP contribution is 2.31. The molecule has 1 heterocycles. The van der Waals surface area contributed by atoms with Crippen LogP contribution in [-0.4, -0.2) is 0 Å². The number of halogens is 2. The van der Waals surface area contributed by atoms with Crippen LogP contribution in [0.2, 0.25) is 0 Å². The third-order valence-corrected chi connectivity index (χ3v) is 3.90. The van der Waals surface area contributed by atoms with E-state index < -0.39 is 0 Å². The summed E-state index contributed by atoms with van der Waals surface area (Å²) in [5.74, 6) is 0. The van der Waals surface area contributed by atoms with Gasteiger partial charge >= 0.3 is 0 Å². The molecule has 0 atom stereocenters. The molecule has 0 unspecified atom stereocenters. The van der Waals surface area contributed by atoms with Gasteiger partial charge in [-0.05, 0) is 45.8 Å². The standard InChI is InChI=1S/C10H6Br2S/c11-8-3-1-7(2-4-8)9-5-6-10(12)13-9/h1-6H. The maximum Gasteiger partial charge on any atom is 0.0705 e. The molecule has 2 aromatic rings. The summed E-state index contributed by atoms with van der Waals surface area (Å²) in [5, 5.41) is 0. The summed E-state index contributed by atoms with van der Waals surface area (Å²) in [7, 11) is 0. The zero-order valence-corrected chi connectivity index (χ0v) is 10.6. The normalized spacial score (nSPS) is 10.3. The minimum Gasteiger partial charge on any atom is -0.128 e. The van der Waals surface area contributed by atoms with E-state index in [0.717, 1.165) is 4.47 Å². The molecule has 0 fully saturated rings. The Morgan fingerprint density at radius 1 is 0.846 bits per heavy atom. The van der Waals surface area contributed by atoms with Crippen molar-refractivity contribution in [3.8, 4) is 10.4 Å². The summed E-state index contributed by atoms with van der Waals surface area (Å²) in [6.07, 6.45) is 0. The summed E-state index contributed by atoms with van der Waals surface area (Å²) < 4.78 is 2.29. The largest absolute Gasteiger partial charge is 0.128 e. The van der Waals surface area contributed by atoms with Gasteiger partial charge in [0, 0.05) is 9.35 Å². The first kappa shape index (κ1) is 9.44. The average Bonchev–Trinajstić information content (AvgIpc) is 2.53. The van der Waals surface area contributed by atoms with Crippen molar-refractivity contribution >= 4 is 43.2 Å². The lowest BCUT2D eigenvalue weighted by molar-refractivity contribution is 1.65. The molecule has 0 radical (unpaired) electrons. The van der Waals surface area contributed by atoms with Crippen LogP contribution in [0.25, 0.3) is 10.4 Å². The monoisotopic (exact) mass is 316 g/mol. The van der Waals surface area contributed by atoms with E-state index in [2.05, 4.69) is 68.3 Å². The Morgan fingerprint density at radius 3 is 2.08 bits per heavy atom. The van der Waals surface area contributed by atoms with Gasteiger partial charge in [-0.3, -0.25) is 0 Å². The van der Waals surface area contributed by atoms with Crippen LogP contribution in [0, 0.1) is 0 Å². The van der Waals surface area contributed by atoms with Crippen molar-refractivity contribution in [1.82, 2.24) is 0 Å². The van der Waals surface area contributed by atoms with Crippen molar-refractivity contribution in [2.75, 3.05) is 0 Å². The summed E-state index contributed by atoms with van der Waals surface area (Å²) in [5.41, 5.74) is 1.26. The summed E-state index contributed by atoms with van der Waals surface area (Å²) >= 11 is 8.62. The highest BCUT2D eigenvalue weighted by Gasteiger charge is 1.99. The minimum atomic E-state index is 1.12. The lowest BCUT2D eigenvalue weighted by atomic mass is 10.2. The number of thiophene rings is 1. The van der Waals surface area contributed by atoms with Gasteiger partial charge < -0.3 is 0 Å². The van der Waals surface area contributed by atoms with Gasteiger partial charge in [-0.2, -0.15) is 0 Å². The second-order valence-corrected chi connectivity index (χ2v) is 5.99.